The minimum atomic E-state index is 0.820. The first-order valence-electron chi connectivity index (χ1n) is 7.02. The molecule has 0 bridgehead atoms. The van der Waals surface area contributed by atoms with Gasteiger partial charge in [-0.1, -0.05) is 17.7 Å². The zero-order valence-electron chi connectivity index (χ0n) is 11.9. The smallest absolute Gasteiger partial charge is 0.122 e. The number of rotatable bonds is 7. The van der Waals surface area contributed by atoms with Gasteiger partial charge in [-0.25, -0.2) is 0 Å². The molecule has 100 valence electrons. The Balaban J connectivity index is 1.93. The van der Waals surface area contributed by atoms with Crippen molar-refractivity contribution in [1.82, 2.24) is 4.90 Å². The van der Waals surface area contributed by atoms with Crippen LogP contribution in [0.4, 0.5) is 0 Å². The maximum absolute atomic E-state index is 5.96. The van der Waals surface area contributed by atoms with Crippen LogP contribution >= 0.6 is 0 Å². The minimum Gasteiger partial charge on any atom is -0.493 e. The summed E-state index contributed by atoms with van der Waals surface area (Å²) in [6, 6.07) is 6.57. The van der Waals surface area contributed by atoms with Gasteiger partial charge < -0.3 is 9.64 Å². The Morgan fingerprint density at radius 2 is 2.06 bits per heavy atom. The molecule has 0 heterocycles. The molecule has 2 rings (SSSR count). The van der Waals surface area contributed by atoms with Gasteiger partial charge in [0.15, 0.2) is 0 Å². The number of ether oxygens (including phenoxy) is 1. The van der Waals surface area contributed by atoms with E-state index in [1.165, 1.54) is 30.4 Å². The molecule has 1 aliphatic rings. The van der Waals surface area contributed by atoms with E-state index in [0.29, 0.717) is 0 Å². The molecule has 0 amide bonds. The van der Waals surface area contributed by atoms with Crippen LogP contribution in [0.1, 0.15) is 30.4 Å². The van der Waals surface area contributed by atoms with Gasteiger partial charge >= 0.3 is 0 Å². The molecule has 0 atom stereocenters. The molecule has 1 aromatic rings. The van der Waals surface area contributed by atoms with E-state index in [1.807, 2.05) is 0 Å². The molecule has 0 aromatic heterocycles. The predicted molar refractivity (Wildman–Crippen MR) is 76.3 cm³/mol. The van der Waals surface area contributed by atoms with Gasteiger partial charge in [0.1, 0.15) is 5.75 Å². The van der Waals surface area contributed by atoms with Crippen molar-refractivity contribution in [2.75, 3.05) is 27.2 Å². The van der Waals surface area contributed by atoms with Crippen LogP contribution in [-0.2, 0) is 6.42 Å². The van der Waals surface area contributed by atoms with Crippen molar-refractivity contribution in [2.45, 2.75) is 32.6 Å². The van der Waals surface area contributed by atoms with Crippen LogP contribution in [0.15, 0.2) is 18.2 Å². The van der Waals surface area contributed by atoms with E-state index in [-0.39, 0.29) is 0 Å². The monoisotopic (exact) mass is 247 g/mol. The molecule has 0 spiro atoms. The summed E-state index contributed by atoms with van der Waals surface area (Å²) in [5.41, 5.74) is 2.70. The molecular weight excluding hydrogens is 222 g/mol. The maximum atomic E-state index is 5.96. The second-order valence-corrected chi connectivity index (χ2v) is 5.77. The largest absolute Gasteiger partial charge is 0.493 e. The van der Waals surface area contributed by atoms with Crippen molar-refractivity contribution < 1.29 is 4.74 Å². The third kappa shape index (κ3) is 4.34. The first-order chi connectivity index (χ1) is 8.65. The quantitative estimate of drug-likeness (QED) is 0.733. The normalized spacial score (nSPS) is 15.1. The van der Waals surface area contributed by atoms with Gasteiger partial charge in [-0.05, 0) is 70.8 Å². The molecule has 1 aromatic carbocycles. The fourth-order valence-corrected chi connectivity index (χ4v) is 2.12. The fraction of sp³-hybridized carbons (Fsp3) is 0.625. The molecule has 1 fully saturated rings. The highest BCUT2D eigenvalue weighted by Crippen LogP contribution is 2.30. The van der Waals surface area contributed by atoms with Gasteiger partial charge in [0.2, 0.25) is 0 Å². The lowest BCUT2D eigenvalue weighted by Gasteiger charge is -2.14. The third-order valence-electron chi connectivity index (χ3n) is 3.44. The molecule has 0 unspecified atom stereocenters. The second-order valence-electron chi connectivity index (χ2n) is 5.77. The summed E-state index contributed by atoms with van der Waals surface area (Å²) >= 11 is 0. The van der Waals surface area contributed by atoms with E-state index in [1.54, 1.807) is 0 Å². The van der Waals surface area contributed by atoms with E-state index in [9.17, 15) is 0 Å². The lowest BCUT2D eigenvalue weighted by Crippen LogP contribution is -2.13. The van der Waals surface area contributed by atoms with Gasteiger partial charge in [0, 0.05) is 0 Å². The minimum absolute atomic E-state index is 0.820. The van der Waals surface area contributed by atoms with Crippen LogP contribution in [0.5, 0.6) is 5.75 Å². The molecule has 2 heteroatoms. The Kier molecular flexibility index (Phi) is 4.65. The molecule has 1 aliphatic carbocycles. The first kappa shape index (κ1) is 13.4. The van der Waals surface area contributed by atoms with Crippen molar-refractivity contribution >= 4 is 0 Å². The topological polar surface area (TPSA) is 12.5 Å². The third-order valence-corrected chi connectivity index (χ3v) is 3.44. The van der Waals surface area contributed by atoms with E-state index >= 15 is 0 Å². The number of aryl methyl sites for hydroxylation is 2. The molecule has 2 nitrogen and oxygen atoms in total. The summed E-state index contributed by atoms with van der Waals surface area (Å²) in [5.74, 6) is 1.92. The van der Waals surface area contributed by atoms with Gasteiger partial charge in [-0.3, -0.25) is 0 Å². The number of nitrogens with zero attached hydrogens (tertiary/aromatic N) is 1. The van der Waals surface area contributed by atoms with Crippen molar-refractivity contribution in [3.8, 4) is 5.75 Å². The van der Waals surface area contributed by atoms with Crippen LogP contribution in [0.3, 0.4) is 0 Å². The SMILES string of the molecule is Cc1ccc(OCC2CC2)c(CCCN(C)C)c1. The van der Waals surface area contributed by atoms with Crippen molar-refractivity contribution in [3.63, 3.8) is 0 Å². The van der Waals surface area contributed by atoms with Gasteiger partial charge in [-0.2, -0.15) is 0 Å². The molecular formula is C16H25NO. The Hall–Kier alpha value is -1.02. The number of hydrogen-bond acceptors (Lipinski definition) is 2. The van der Waals surface area contributed by atoms with E-state index in [2.05, 4.69) is 44.1 Å². The summed E-state index contributed by atoms with van der Waals surface area (Å²) in [5, 5.41) is 0. The molecule has 0 aliphatic heterocycles. The van der Waals surface area contributed by atoms with Crippen LogP contribution in [0, 0.1) is 12.8 Å². The molecule has 18 heavy (non-hydrogen) atoms. The van der Waals surface area contributed by atoms with Crippen molar-refractivity contribution in [3.05, 3.63) is 29.3 Å². The summed E-state index contributed by atoms with van der Waals surface area (Å²) in [6.45, 7) is 4.19. The average Bonchev–Trinajstić information content (AvgIpc) is 3.11. The van der Waals surface area contributed by atoms with Gasteiger partial charge in [0.25, 0.3) is 0 Å². The first-order valence-corrected chi connectivity index (χ1v) is 7.02. The zero-order chi connectivity index (χ0) is 13.0. The van der Waals surface area contributed by atoms with E-state index in [0.717, 1.165) is 31.2 Å². The van der Waals surface area contributed by atoms with Crippen molar-refractivity contribution in [1.29, 1.82) is 0 Å². The Bertz CT molecular complexity index is 383. The van der Waals surface area contributed by atoms with Crippen LogP contribution < -0.4 is 4.74 Å². The summed E-state index contributed by atoms with van der Waals surface area (Å²) in [6.07, 6.45) is 5.00. The molecule has 1 saturated carbocycles. The average molecular weight is 247 g/mol. The number of hydrogen-bond donors (Lipinski definition) is 0. The predicted octanol–water partition coefficient (Wildman–Crippen LogP) is 3.28. The molecule has 0 N–H and O–H groups in total. The summed E-state index contributed by atoms with van der Waals surface area (Å²) in [7, 11) is 4.25. The van der Waals surface area contributed by atoms with E-state index < -0.39 is 0 Å². The zero-order valence-corrected chi connectivity index (χ0v) is 11.9. The molecule has 0 saturated heterocycles. The Labute approximate surface area is 111 Å². The molecule has 0 radical (unpaired) electrons. The van der Waals surface area contributed by atoms with Gasteiger partial charge in [-0.15, -0.1) is 0 Å². The van der Waals surface area contributed by atoms with Crippen LogP contribution in [0.25, 0.3) is 0 Å². The fourth-order valence-electron chi connectivity index (χ4n) is 2.12. The Morgan fingerprint density at radius 3 is 2.72 bits per heavy atom. The van der Waals surface area contributed by atoms with E-state index in [4.69, 9.17) is 4.74 Å². The lowest BCUT2D eigenvalue weighted by molar-refractivity contribution is 0.296. The van der Waals surface area contributed by atoms with Crippen molar-refractivity contribution in [2.24, 2.45) is 5.92 Å². The highest BCUT2D eigenvalue weighted by atomic mass is 16.5. The number of benzene rings is 1. The van der Waals surface area contributed by atoms with Gasteiger partial charge in [0.05, 0.1) is 6.61 Å². The summed E-state index contributed by atoms with van der Waals surface area (Å²) in [4.78, 5) is 2.24. The van der Waals surface area contributed by atoms with Crippen LogP contribution in [0.2, 0.25) is 0 Å². The standard InChI is InChI=1S/C16H25NO/c1-13-6-9-16(18-12-14-7-8-14)15(11-13)5-4-10-17(2)3/h6,9,11,14H,4-5,7-8,10,12H2,1-3H3. The van der Waals surface area contributed by atoms with Crippen LogP contribution in [-0.4, -0.2) is 32.1 Å². The highest BCUT2D eigenvalue weighted by Gasteiger charge is 2.22. The lowest BCUT2D eigenvalue weighted by atomic mass is 10.1. The maximum Gasteiger partial charge on any atom is 0.122 e. The highest BCUT2D eigenvalue weighted by molar-refractivity contribution is 5.37. The summed E-state index contributed by atoms with van der Waals surface area (Å²) < 4.78 is 5.96. The second kappa shape index (κ2) is 6.24. The Morgan fingerprint density at radius 1 is 1.28 bits per heavy atom.